The number of thiophene rings is 1. The highest BCUT2D eigenvalue weighted by atomic mass is 32.1. The van der Waals surface area contributed by atoms with Crippen LogP contribution in [-0.4, -0.2) is 45.9 Å². The molecule has 7 atom stereocenters. The molecular formula is C32H38N6OS. The lowest BCUT2D eigenvalue weighted by Gasteiger charge is -2.39. The van der Waals surface area contributed by atoms with Gasteiger partial charge in [-0.3, -0.25) is 4.79 Å². The Morgan fingerprint density at radius 2 is 1.77 bits per heavy atom. The second-order valence-corrected chi connectivity index (χ2v) is 13.8. The zero-order chi connectivity index (χ0) is 26.8. The third kappa shape index (κ3) is 4.31. The molecule has 4 fully saturated rings. The summed E-state index contributed by atoms with van der Waals surface area (Å²) < 4.78 is 1.01. The number of nitrogens with one attached hydrogen (secondary N) is 2. The van der Waals surface area contributed by atoms with Crippen LogP contribution in [0, 0.1) is 29.6 Å². The number of likely N-dealkylation sites (tertiary alicyclic amines) is 1. The van der Waals surface area contributed by atoms with E-state index in [0.717, 1.165) is 46.0 Å². The fourth-order valence-corrected chi connectivity index (χ4v) is 9.56. The lowest BCUT2D eigenvalue weighted by Crippen LogP contribution is -2.43. The first-order valence-corrected chi connectivity index (χ1v) is 16.1. The normalized spacial score (nSPS) is 33.2. The van der Waals surface area contributed by atoms with E-state index in [9.17, 15) is 4.79 Å². The number of primary amides is 1. The van der Waals surface area contributed by atoms with Gasteiger partial charge in [0.25, 0.3) is 0 Å². The van der Waals surface area contributed by atoms with Crippen LogP contribution in [0.5, 0.6) is 0 Å². The summed E-state index contributed by atoms with van der Waals surface area (Å²) in [5.74, 6) is 4.07. The fourth-order valence-electron chi connectivity index (χ4n) is 8.77. The van der Waals surface area contributed by atoms with Crippen molar-refractivity contribution in [2.45, 2.75) is 62.9 Å². The van der Waals surface area contributed by atoms with Crippen LogP contribution in [0.2, 0.25) is 0 Å². The van der Waals surface area contributed by atoms with E-state index in [-0.39, 0.29) is 23.8 Å². The third-order valence-corrected chi connectivity index (χ3v) is 11.6. The van der Waals surface area contributed by atoms with E-state index >= 15 is 0 Å². The molecule has 1 amide bonds. The van der Waals surface area contributed by atoms with E-state index in [1.807, 2.05) is 11.4 Å². The lowest BCUT2D eigenvalue weighted by atomic mass is 9.86. The number of hydrogen-bond donors (Lipinski definition) is 3. The Hall–Kier alpha value is -2.97. The average molecular weight is 555 g/mol. The zero-order valence-corrected chi connectivity index (χ0v) is 23.7. The second-order valence-electron chi connectivity index (χ2n) is 12.9. The molecule has 4 N–H and O–H groups in total. The number of nitrogens with zero attached hydrogens (tertiary/aromatic N) is 3. The quantitative estimate of drug-likeness (QED) is 0.315. The van der Waals surface area contributed by atoms with E-state index in [2.05, 4.69) is 52.0 Å². The molecule has 0 radical (unpaired) electrons. The molecular weight excluding hydrogens is 516 g/mol. The topological polar surface area (TPSA) is 96.2 Å². The molecule has 1 aliphatic heterocycles. The Morgan fingerprint density at radius 1 is 0.950 bits per heavy atom. The number of amides is 1. The van der Waals surface area contributed by atoms with Crippen LogP contribution in [0.4, 0.5) is 17.5 Å². The number of anilines is 3. The van der Waals surface area contributed by atoms with Crippen molar-refractivity contribution in [2.75, 3.05) is 23.7 Å². The Morgan fingerprint density at radius 3 is 2.52 bits per heavy atom. The van der Waals surface area contributed by atoms with Crippen LogP contribution in [-0.2, 0) is 4.79 Å². The van der Waals surface area contributed by atoms with Crippen LogP contribution < -0.4 is 16.4 Å². The molecule has 40 heavy (non-hydrogen) atoms. The minimum absolute atomic E-state index is 0.0323. The molecule has 3 saturated carbocycles. The minimum atomic E-state index is -0.236. The largest absolute Gasteiger partial charge is 0.369 e. The summed E-state index contributed by atoms with van der Waals surface area (Å²) >= 11 is 1.62. The van der Waals surface area contributed by atoms with E-state index in [1.54, 1.807) is 11.3 Å². The molecule has 4 bridgehead atoms. The van der Waals surface area contributed by atoms with Gasteiger partial charge >= 0.3 is 0 Å². The van der Waals surface area contributed by atoms with Gasteiger partial charge in [-0.15, -0.1) is 11.3 Å². The molecule has 8 heteroatoms. The van der Waals surface area contributed by atoms with E-state index in [0.29, 0.717) is 17.8 Å². The number of hydrogen-bond acceptors (Lipinski definition) is 7. The molecule has 1 saturated heterocycles. The number of benzene rings is 1. The van der Waals surface area contributed by atoms with Gasteiger partial charge in [-0.25, -0.2) is 4.98 Å². The fraction of sp³-hybridized carbons (Fsp3) is 0.531. The first-order valence-electron chi connectivity index (χ1n) is 15.2. The average Bonchev–Trinajstić information content (AvgIpc) is 3.80. The molecule has 0 spiro atoms. The van der Waals surface area contributed by atoms with Crippen molar-refractivity contribution in [1.29, 1.82) is 0 Å². The number of piperidine rings is 1. The highest BCUT2D eigenvalue weighted by Gasteiger charge is 2.48. The maximum absolute atomic E-state index is 12.3. The summed E-state index contributed by atoms with van der Waals surface area (Å²) in [5.41, 5.74) is 9.14. The van der Waals surface area contributed by atoms with Crippen molar-refractivity contribution in [3.63, 3.8) is 0 Å². The molecule has 5 aliphatic rings. The van der Waals surface area contributed by atoms with E-state index < -0.39 is 0 Å². The first-order chi connectivity index (χ1) is 19.6. The monoisotopic (exact) mass is 554 g/mol. The number of rotatable bonds is 7. The number of carbonyl (C=O) groups is 1. The van der Waals surface area contributed by atoms with Crippen molar-refractivity contribution in [1.82, 2.24) is 14.9 Å². The van der Waals surface area contributed by atoms with Gasteiger partial charge in [-0.1, -0.05) is 30.7 Å². The first kappa shape index (κ1) is 24.8. The van der Waals surface area contributed by atoms with Crippen LogP contribution >= 0.6 is 11.3 Å². The molecule has 2 aromatic heterocycles. The Bertz CT molecular complexity index is 1440. The summed E-state index contributed by atoms with van der Waals surface area (Å²) in [5, 5.41) is 9.08. The van der Waals surface area contributed by atoms with Crippen LogP contribution in [0.15, 0.2) is 47.9 Å². The van der Waals surface area contributed by atoms with Crippen LogP contribution in [0.25, 0.3) is 10.2 Å². The van der Waals surface area contributed by atoms with Crippen molar-refractivity contribution < 1.29 is 4.79 Å². The summed E-state index contributed by atoms with van der Waals surface area (Å²) in [6.45, 7) is 2.50. The second kappa shape index (κ2) is 9.84. The van der Waals surface area contributed by atoms with Crippen molar-refractivity contribution in [3.8, 4) is 0 Å². The maximum Gasteiger partial charge on any atom is 0.229 e. The van der Waals surface area contributed by atoms with Gasteiger partial charge in [0.05, 0.1) is 16.1 Å². The zero-order valence-electron chi connectivity index (χ0n) is 22.8. The van der Waals surface area contributed by atoms with Gasteiger partial charge in [-0.2, -0.15) is 4.98 Å². The van der Waals surface area contributed by atoms with E-state index in [1.165, 1.54) is 57.2 Å². The number of carbonyl (C=O) groups excluding carboxylic acids is 1. The van der Waals surface area contributed by atoms with E-state index in [4.69, 9.17) is 15.7 Å². The number of aromatic nitrogens is 2. The minimum Gasteiger partial charge on any atom is -0.369 e. The predicted molar refractivity (Wildman–Crippen MR) is 161 cm³/mol. The maximum atomic E-state index is 12.3. The summed E-state index contributed by atoms with van der Waals surface area (Å²) in [7, 11) is 0. The van der Waals surface area contributed by atoms with Crippen molar-refractivity contribution >= 4 is 44.9 Å². The molecule has 7 nitrogen and oxygen atoms in total. The molecule has 208 valence electrons. The molecule has 7 unspecified atom stereocenters. The number of allylic oxidation sites excluding steroid dienone is 1. The van der Waals surface area contributed by atoms with Gasteiger partial charge in [0.15, 0.2) is 0 Å². The number of fused-ring (bicyclic) bond motifs is 5. The Balaban J connectivity index is 0.950. The summed E-state index contributed by atoms with van der Waals surface area (Å²) in [6, 6.07) is 11.7. The van der Waals surface area contributed by atoms with Crippen LogP contribution in [0.1, 0.15) is 56.4 Å². The summed E-state index contributed by atoms with van der Waals surface area (Å²) in [6.07, 6.45) is 13.8. The molecule has 8 rings (SSSR count). The smallest absolute Gasteiger partial charge is 0.229 e. The van der Waals surface area contributed by atoms with Gasteiger partial charge in [0.1, 0.15) is 5.82 Å². The van der Waals surface area contributed by atoms with Crippen molar-refractivity contribution in [2.24, 2.45) is 35.3 Å². The SMILES string of the molecule is NC(=O)C1C2C=CC(C2)C1Nc1nc(Nc2ccc(C3CCN(C4CC5CCC4C5)CC3)cc2)nc2ccsc12. The standard InChI is InChI=1S/C32H38N6OS/c33-30(39)27-22-3-4-23(17-22)28(27)36-31-29-25(11-14-40-29)35-32(37-31)34-24-7-5-19(6-8-24)20-9-12-38(13-10-20)26-16-18-1-2-21(26)15-18/h3-8,11,14,18,20-23,26-28H,1-2,9-10,12-13,15-17H2,(H2,33,39)(H2,34,35,36,37). The molecule has 3 aromatic rings. The molecule has 4 aliphatic carbocycles. The predicted octanol–water partition coefficient (Wildman–Crippen LogP) is 5.89. The third-order valence-electron chi connectivity index (χ3n) is 10.7. The lowest BCUT2D eigenvalue weighted by molar-refractivity contribution is -0.122. The van der Waals surface area contributed by atoms with Gasteiger partial charge in [-0.05, 0) is 110 Å². The summed E-state index contributed by atoms with van der Waals surface area (Å²) in [4.78, 5) is 24.7. The highest BCUT2D eigenvalue weighted by molar-refractivity contribution is 7.17. The highest BCUT2D eigenvalue weighted by Crippen LogP contribution is 2.48. The van der Waals surface area contributed by atoms with Crippen molar-refractivity contribution in [3.05, 3.63) is 53.4 Å². The van der Waals surface area contributed by atoms with Gasteiger partial charge in [0.2, 0.25) is 11.9 Å². The van der Waals surface area contributed by atoms with Gasteiger partial charge in [0, 0.05) is 17.8 Å². The number of nitrogens with two attached hydrogens (primary N) is 1. The van der Waals surface area contributed by atoms with Crippen LogP contribution in [0.3, 0.4) is 0 Å². The Labute approximate surface area is 239 Å². The Kier molecular flexibility index (Phi) is 6.10. The molecule has 1 aromatic carbocycles. The van der Waals surface area contributed by atoms with Gasteiger partial charge < -0.3 is 21.3 Å². The molecule has 3 heterocycles.